The van der Waals surface area contributed by atoms with Crippen LogP contribution in [0.2, 0.25) is 0 Å². The smallest absolute Gasteiger partial charge is 0.395 e. The molecule has 0 amide bonds. The maximum absolute atomic E-state index is 12.5. The van der Waals surface area contributed by atoms with Gasteiger partial charge in [-0.05, 0) is 26.0 Å². The van der Waals surface area contributed by atoms with Crippen LogP contribution in [0.1, 0.15) is 19.5 Å². The summed E-state index contributed by atoms with van der Waals surface area (Å²) in [6.07, 6.45) is -1.91. The third-order valence-electron chi connectivity index (χ3n) is 3.36. The number of rotatable bonds is 5. The average Bonchev–Trinajstić information content (AvgIpc) is 2.82. The summed E-state index contributed by atoms with van der Waals surface area (Å²) in [7, 11) is 0. The van der Waals surface area contributed by atoms with Crippen LogP contribution in [0.25, 0.3) is 0 Å². The highest BCUT2D eigenvalue weighted by molar-refractivity contribution is 8.05. The van der Waals surface area contributed by atoms with Crippen molar-refractivity contribution in [3.05, 3.63) is 34.6 Å². The molecule has 5 nitrogen and oxygen atoms in total. The molecule has 1 unspecified atom stereocenters. The predicted octanol–water partition coefficient (Wildman–Crippen LogP) is 2.99. The number of carbonyl (C=O) groups excluding carboxylic acids is 1. The highest BCUT2D eigenvalue weighted by Gasteiger charge is 2.32. The molecule has 2 rings (SSSR count). The van der Waals surface area contributed by atoms with Gasteiger partial charge in [0.2, 0.25) is 0 Å². The van der Waals surface area contributed by atoms with E-state index in [1.54, 1.807) is 6.92 Å². The number of β-amino-alcohol motifs (C(OH)–C–C–N with tert-alkyl or cyclic N) is 1. The number of aliphatic hydroxyl groups is 1. The predicted molar refractivity (Wildman–Crippen MR) is 85.9 cm³/mol. The molecule has 1 aromatic heterocycles. The molecular formula is C15H16F3N3O2S. The maximum Gasteiger partial charge on any atom is 0.433 e. The monoisotopic (exact) mass is 359 g/mol. The Labute approximate surface area is 141 Å². The van der Waals surface area contributed by atoms with Crippen LogP contribution < -0.4 is 0 Å². The van der Waals surface area contributed by atoms with Crippen LogP contribution in [0.3, 0.4) is 0 Å². The van der Waals surface area contributed by atoms with Crippen molar-refractivity contribution in [2.75, 3.05) is 13.2 Å². The van der Waals surface area contributed by atoms with E-state index in [9.17, 15) is 18.0 Å². The van der Waals surface area contributed by atoms with Crippen molar-refractivity contribution in [1.29, 1.82) is 0 Å². The normalized spacial score (nSPS) is 18.8. The second kappa shape index (κ2) is 7.35. The lowest BCUT2D eigenvalue weighted by atomic mass is 10.3. The lowest BCUT2D eigenvalue weighted by Gasteiger charge is -2.23. The van der Waals surface area contributed by atoms with Crippen LogP contribution in [0.15, 0.2) is 33.9 Å². The Balaban J connectivity index is 2.15. The van der Waals surface area contributed by atoms with E-state index < -0.39 is 11.9 Å². The van der Waals surface area contributed by atoms with E-state index in [0.717, 1.165) is 18.0 Å². The molecule has 1 N–H and O–H groups in total. The van der Waals surface area contributed by atoms with Crippen molar-refractivity contribution >= 4 is 29.4 Å². The number of allylic oxidation sites excluding steroid dienone is 2. The molecule has 2 heterocycles. The van der Waals surface area contributed by atoms with E-state index in [0.29, 0.717) is 11.4 Å². The Hall–Kier alpha value is -1.87. The van der Waals surface area contributed by atoms with Gasteiger partial charge in [-0.3, -0.25) is 9.79 Å². The molecule has 1 aliphatic heterocycles. The molecule has 0 saturated heterocycles. The van der Waals surface area contributed by atoms with E-state index in [2.05, 4.69) is 9.98 Å². The van der Waals surface area contributed by atoms with Crippen LogP contribution >= 0.6 is 11.8 Å². The molecule has 130 valence electrons. The van der Waals surface area contributed by atoms with Crippen LogP contribution in [-0.2, 0) is 11.0 Å². The topological polar surface area (TPSA) is 65.8 Å². The number of pyridine rings is 1. The fourth-order valence-corrected chi connectivity index (χ4v) is 3.43. The molecule has 0 aliphatic carbocycles. The quantitative estimate of drug-likeness (QED) is 0.819. The molecule has 0 spiro atoms. The Kier molecular flexibility index (Phi) is 5.66. The number of aliphatic imine (C=N–C) groups is 1. The third-order valence-corrected chi connectivity index (χ3v) is 4.79. The van der Waals surface area contributed by atoms with Gasteiger partial charge in [0.15, 0.2) is 5.78 Å². The third kappa shape index (κ3) is 4.15. The van der Waals surface area contributed by atoms with Crippen LogP contribution in [0, 0.1) is 0 Å². The Morgan fingerprint density at radius 1 is 1.50 bits per heavy atom. The van der Waals surface area contributed by atoms with Gasteiger partial charge in [-0.1, -0.05) is 11.8 Å². The molecule has 9 heteroatoms. The first-order valence-electron chi connectivity index (χ1n) is 7.07. The second-order valence-corrected chi connectivity index (χ2v) is 6.20. The zero-order chi connectivity index (χ0) is 17.9. The molecule has 24 heavy (non-hydrogen) atoms. The van der Waals surface area contributed by atoms with E-state index in [4.69, 9.17) is 5.11 Å². The standard InChI is InChI=1S/C15H16F3N3O2S/c1-9-14(10(2)23)24-13(21(9)5-6-22)8-19-11-3-4-12(20-7-11)15(16,17)18/h3-4,7-8,13,22H,5-6H2,1-2H3. The van der Waals surface area contributed by atoms with Gasteiger partial charge >= 0.3 is 6.18 Å². The average molecular weight is 359 g/mol. The summed E-state index contributed by atoms with van der Waals surface area (Å²) >= 11 is 1.30. The van der Waals surface area contributed by atoms with Gasteiger partial charge in [-0.15, -0.1) is 0 Å². The lowest BCUT2D eigenvalue weighted by Crippen LogP contribution is -2.31. The fraction of sp³-hybridized carbons (Fsp3) is 0.400. The summed E-state index contributed by atoms with van der Waals surface area (Å²) in [5.74, 6) is -0.0764. The number of carbonyl (C=O) groups is 1. The van der Waals surface area contributed by atoms with Crippen molar-refractivity contribution in [3.8, 4) is 0 Å². The molecule has 0 radical (unpaired) electrons. The van der Waals surface area contributed by atoms with Crippen molar-refractivity contribution in [2.45, 2.75) is 25.4 Å². The fourth-order valence-electron chi connectivity index (χ4n) is 2.22. The first kappa shape index (κ1) is 18.5. The van der Waals surface area contributed by atoms with E-state index >= 15 is 0 Å². The summed E-state index contributed by atoms with van der Waals surface area (Å²) < 4.78 is 37.4. The van der Waals surface area contributed by atoms with Gasteiger partial charge in [0.05, 0.1) is 23.4 Å². The van der Waals surface area contributed by atoms with Gasteiger partial charge in [-0.2, -0.15) is 13.2 Å². The highest BCUT2D eigenvalue weighted by Crippen LogP contribution is 2.37. The molecule has 0 aromatic carbocycles. The number of Topliss-reactive ketones (excluding diaryl/α,β-unsaturated/α-hetero) is 1. The summed E-state index contributed by atoms with van der Waals surface area (Å²) in [6.45, 7) is 3.49. The van der Waals surface area contributed by atoms with Crippen molar-refractivity contribution < 1.29 is 23.1 Å². The number of alkyl halides is 3. The number of ketones is 1. The number of hydrogen-bond donors (Lipinski definition) is 1. The van der Waals surface area contributed by atoms with Gasteiger partial charge in [-0.25, -0.2) is 4.98 Å². The molecule has 1 aliphatic rings. The highest BCUT2D eigenvalue weighted by atomic mass is 32.2. The molecule has 1 aromatic rings. The second-order valence-electron chi connectivity index (χ2n) is 5.07. The van der Waals surface area contributed by atoms with Crippen LogP contribution in [0.5, 0.6) is 0 Å². The molecule has 0 fully saturated rings. The van der Waals surface area contributed by atoms with Crippen molar-refractivity contribution in [1.82, 2.24) is 9.88 Å². The number of hydrogen-bond acceptors (Lipinski definition) is 6. The number of thioether (sulfide) groups is 1. The first-order chi connectivity index (χ1) is 11.2. The summed E-state index contributed by atoms with van der Waals surface area (Å²) in [6, 6.07) is 2.10. The van der Waals surface area contributed by atoms with Crippen molar-refractivity contribution in [2.24, 2.45) is 4.99 Å². The van der Waals surface area contributed by atoms with E-state index in [1.807, 2.05) is 4.90 Å². The molecule has 0 saturated carbocycles. The first-order valence-corrected chi connectivity index (χ1v) is 7.95. The van der Waals surface area contributed by atoms with Gasteiger partial charge in [0.25, 0.3) is 0 Å². The minimum Gasteiger partial charge on any atom is -0.395 e. The Morgan fingerprint density at radius 3 is 2.71 bits per heavy atom. The Bertz CT molecular complexity index is 672. The molecule has 1 atom stereocenters. The number of aliphatic hydroxyl groups excluding tert-OH is 1. The van der Waals surface area contributed by atoms with E-state index in [1.165, 1.54) is 31.0 Å². The zero-order valence-electron chi connectivity index (χ0n) is 13.0. The minimum atomic E-state index is -4.49. The number of halogens is 3. The zero-order valence-corrected chi connectivity index (χ0v) is 13.9. The largest absolute Gasteiger partial charge is 0.433 e. The van der Waals surface area contributed by atoms with Crippen LogP contribution in [0.4, 0.5) is 18.9 Å². The number of aromatic nitrogens is 1. The summed E-state index contributed by atoms with van der Waals surface area (Å²) in [5.41, 5.74) is 0.0556. The Morgan fingerprint density at radius 2 is 2.21 bits per heavy atom. The summed E-state index contributed by atoms with van der Waals surface area (Å²) in [4.78, 5) is 21.5. The van der Waals surface area contributed by atoms with E-state index in [-0.39, 0.29) is 23.5 Å². The maximum atomic E-state index is 12.5. The van der Waals surface area contributed by atoms with Gasteiger partial charge < -0.3 is 10.0 Å². The van der Waals surface area contributed by atoms with Crippen LogP contribution in [-0.4, -0.2) is 45.5 Å². The molecular weight excluding hydrogens is 343 g/mol. The number of nitrogens with zero attached hydrogens (tertiary/aromatic N) is 3. The molecule has 0 bridgehead atoms. The van der Waals surface area contributed by atoms with Gasteiger partial charge in [0.1, 0.15) is 11.1 Å². The lowest BCUT2D eigenvalue weighted by molar-refractivity contribution is -0.141. The van der Waals surface area contributed by atoms with Gasteiger partial charge in [0, 0.05) is 18.5 Å². The SMILES string of the molecule is CC(=O)C1=C(C)N(CCO)C(C=Nc2ccc(C(F)(F)F)nc2)S1. The minimum absolute atomic E-state index is 0.0764. The van der Waals surface area contributed by atoms with Crippen molar-refractivity contribution in [3.63, 3.8) is 0 Å². The summed E-state index contributed by atoms with van der Waals surface area (Å²) in [5, 5.41) is 8.85.